The Kier molecular flexibility index (Phi) is 5.42. The molecular formula is C27H28N2O5. The molecule has 1 amide bonds. The maximum atomic E-state index is 14.2. The van der Waals surface area contributed by atoms with Gasteiger partial charge in [0.15, 0.2) is 6.10 Å². The normalized spacial score (nSPS) is 21.3. The molecule has 1 aromatic heterocycles. The van der Waals surface area contributed by atoms with Gasteiger partial charge in [0.2, 0.25) is 5.91 Å². The minimum Gasteiger partial charge on any atom is -0.483 e. The molecule has 7 heteroatoms. The predicted octanol–water partition coefficient (Wildman–Crippen LogP) is 3.82. The molecule has 0 radical (unpaired) electrons. The Hall–Kier alpha value is -3.61. The zero-order chi connectivity index (χ0) is 24.0. The van der Waals surface area contributed by atoms with Crippen LogP contribution in [0, 0.1) is 0 Å². The summed E-state index contributed by atoms with van der Waals surface area (Å²) in [6.07, 6.45) is 0.287. The number of nitrogens with zero attached hydrogens (tertiary/aromatic N) is 2. The lowest BCUT2D eigenvalue weighted by Crippen LogP contribution is -2.57. The molecule has 0 aliphatic carbocycles. The third kappa shape index (κ3) is 3.65. The molecule has 2 aliphatic rings. The molecule has 0 spiro atoms. The predicted molar refractivity (Wildman–Crippen MR) is 128 cm³/mol. The van der Waals surface area contributed by atoms with E-state index in [2.05, 4.69) is 0 Å². The maximum Gasteiger partial charge on any atom is 0.303 e. The molecule has 1 saturated heterocycles. The van der Waals surface area contributed by atoms with Gasteiger partial charge in [-0.15, -0.1) is 0 Å². The Morgan fingerprint density at radius 1 is 1.09 bits per heavy atom. The van der Waals surface area contributed by atoms with E-state index in [9.17, 15) is 14.4 Å². The van der Waals surface area contributed by atoms with Crippen molar-refractivity contribution in [3.63, 3.8) is 0 Å². The van der Waals surface area contributed by atoms with E-state index >= 15 is 0 Å². The summed E-state index contributed by atoms with van der Waals surface area (Å²) in [4.78, 5) is 40.9. The highest BCUT2D eigenvalue weighted by atomic mass is 16.6. The van der Waals surface area contributed by atoms with Crippen molar-refractivity contribution >= 4 is 22.8 Å². The summed E-state index contributed by atoms with van der Waals surface area (Å²) in [5.41, 5.74) is 0.915. The number of para-hydroxylation sites is 1. The quantitative estimate of drug-likeness (QED) is 0.553. The molecule has 2 atom stereocenters. The van der Waals surface area contributed by atoms with Crippen molar-refractivity contribution in [3.8, 4) is 5.75 Å². The van der Waals surface area contributed by atoms with Crippen LogP contribution in [0.4, 0.5) is 0 Å². The lowest BCUT2D eigenvalue weighted by molar-refractivity contribution is -0.171. The smallest absolute Gasteiger partial charge is 0.303 e. The summed E-state index contributed by atoms with van der Waals surface area (Å²) in [6, 6.07) is 16.7. The van der Waals surface area contributed by atoms with E-state index in [1.54, 1.807) is 9.47 Å². The van der Waals surface area contributed by atoms with Crippen LogP contribution in [0.25, 0.3) is 10.9 Å². The second kappa shape index (κ2) is 8.31. The average molecular weight is 461 g/mol. The van der Waals surface area contributed by atoms with Crippen LogP contribution in [0.2, 0.25) is 0 Å². The first-order valence-corrected chi connectivity index (χ1v) is 11.6. The van der Waals surface area contributed by atoms with Crippen molar-refractivity contribution in [2.24, 2.45) is 0 Å². The lowest BCUT2D eigenvalue weighted by Gasteiger charge is -2.46. The number of aromatic nitrogens is 1. The van der Waals surface area contributed by atoms with Crippen LogP contribution in [-0.2, 0) is 20.9 Å². The number of ether oxygens (including phenoxy) is 2. The molecule has 0 unspecified atom stereocenters. The van der Waals surface area contributed by atoms with Gasteiger partial charge < -0.3 is 18.9 Å². The summed E-state index contributed by atoms with van der Waals surface area (Å²) < 4.78 is 13.9. The number of amides is 1. The van der Waals surface area contributed by atoms with E-state index in [0.29, 0.717) is 37.2 Å². The highest BCUT2D eigenvalue weighted by Gasteiger charge is 2.52. The summed E-state index contributed by atoms with van der Waals surface area (Å²) in [5, 5.41) is 0.791. The number of carbonyl (C=O) groups excluding carboxylic acids is 2. The van der Waals surface area contributed by atoms with Crippen LogP contribution in [-0.4, -0.2) is 39.6 Å². The number of carbonyl (C=O) groups is 2. The first-order chi connectivity index (χ1) is 16.3. The highest BCUT2D eigenvalue weighted by Crippen LogP contribution is 2.46. The van der Waals surface area contributed by atoms with Gasteiger partial charge in [0, 0.05) is 25.3 Å². The van der Waals surface area contributed by atoms with Crippen molar-refractivity contribution in [2.45, 2.75) is 57.9 Å². The van der Waals surface area contributed by atoms with Crippen molar-refractivity contribution in [3.05, 3.63) is 76.1 Å². The fourth-order valence-corrected chi connectivity index (χ4v) is 5.21. The molecule has 3 heterocycles. The molecule has 3 aromatic rings. The number of esters is 1. The number of rotatable bonds is 4. The summed E-state index contributed by atoms with van der Waals surface area (Å²) >= 11 is 0. The minimum absolute atomic E-state index is 0.0482. The van der Waals surface area contributed by atoms with Gasteiger partial charge >= 0.3 is 5.97 Å². The third-order valence-corrected chi connectivity index (χ3v) is 6.71. The van der Waals surface area contributed by atoms with Gasteiger partial charge in [-0.25, -0.2) is 0 Å². The van der Waals surface area contributed by atoms with Gasteiger partial charge in [0.1, 0.15) is 17.4 Å². The molecule has 1 fully saturated rings. The van der Waals surface area contributed by atoms with Gasteiger partial charge in [-0.2, -0.15) is 0 Å². The van der Waals surface area contributed by atoms with E-state index < -0.39 is 23.7 Å². The molecule has 0 saturated carbocycles. The van der Waals surface area contributed by atoms with Crippen LogP contribution in [0.1, 0.15) is 50.8 Å². The Balaban J connectivity index is 1.80. The molecule has 34 heavy (non-hydrogen) atoms. The van der Waals surface area contributed by atoms with Crippen LogP contribution in [0.3, 0.4) is 0 Å². The molecule has 0 bridgehead atoms. The summed E-state index contributed by atoms with van der Waals surface area (Å²) in [7, 11) is 0. The molecule has 7 nitrogen and oxygen atoms in total. The SMILES string of the molecule is CC(=O)O[C@@H]1[C@@H](N2CCCC2=O)c2c(c3ccccc3n(Cc3ccccc3)c2=O)OC1(C)C. The molecule has 2 aromatic carbocycles. The molecule has 5 rings (SSSR count). The van der Waals surface area contributed by atoms with Crippen LogP contribution < -0.4 is 10.3 Å². The van der Waals surface area contributed by atoms with Gasteiger partial charge in [-0.3, -0.25) is 14.4 Å². The van der Waals surface area contributed by atoms with Gasteiger partial charge in [-0.05, 0) is 38.0 Å². The summed E-state index contributed by atoms with van der Waals surface area (Å²) in [6.45, 7) is 5.88. The van der Waals surface area contributed by atoms with Crippen LogP contribution in [0.15, 0.2) is 59.4 Å². The Morgan fingerprint density at radius 3 is 2.47 bits per heavy atom. The Labute approximate surface area is 197 Å². The number of likely N-dealkylation sites (tertiary alicyclic amines) is 1. The number of hydrogen-bond donors (Lipinski definition) is 0. The Morgan fingerprint density at radius 2 is 1.79 bits per heavy atom. The Bertz CT molecular complexity index is 1330. The maximum absolute atomic E-state index is 14.2. The molecule has 0 N–H and O–H groups in total. The number of hydrogen-bond acceptors (Lipinski definition) is 5. The largest absolute Gasteiger partial charge is 0.483 e. The standard InChI is InChI=1S/C27H28N2O5/c1-17(30)33-25-23(28-15-9-14-21(28)31)22-24(34-27(25,2)3)19-12-7-8-13-20(19)29(26(22)32)16-18-10-5-4-6-11-18/h4-8,10-13,23,25H,9,14-16H2,1-3H3/t23-,25+/m0/s1. The first kappa shape index (κ1) is 22.2. The second-order valence-electron chi connectivity index (χ2n) is 9.51. The fraction of sp³-hybridized carbons (Fsp3) is 0.370. The van der Waals surface area contributed by atoms with E-state index in [1.165, 1.54) is 6.92 Å². The monoisotopic (exact) mass is 460 g/mol. The van der Waals surface area contributed by atoms with Crippen molar-refractivity contribution in [1.82, 2.24) is 9.47 Å². The van der Waals surface area contributed by atoms with Crippen LogP contribution in [0.5, 0.6) is 5.75 Å². The number of pyridine rings is 1. The third-order valence-electron chi connectivity index (χ3n) is 6.71. The molecule has 2 aliphatic heterocycles. The van der Waals surface area contributed by atoms with Gasteiger partial charge in [0.25, 0.3) is 5.56 Å². The van der Waals surface area contributed by atoms with Crippen LogP contribution >= 0.6 is 0 Å². The van der Waals surface area contributed by atoms with E-state index in [0.717, 1.165) is 16.5 Å². The summed E-state index contributed by atoms with van der Waals surface area (Å²) in [5.74, 6) is -0.0665. The van der Waals surface area contributed by atoms with Crippen molar-refractivity contribution in [2.75, 3.05) is 6.54 Å². The van der Waals surface area contributed by atoms with E-state index in [4.69, 9.17) is 9.47 Å². The van der Waals surface area contributed by atoms with Crippen molar-refractivity contribution < 1.29 is 19.1 Å². The lowest BCUT2D eigenvalue weighted by atomic mass is 9.85. The van der Waals surface area contributed by atoms with Crippen molar-refractivity contribution in [1.29, 1.82) is 0 Å². The molecule has 176 valence electrons. The van der Waals surface area contributed by atoms with Gasteiger partial charge in [0.05, 0.1) is 17.6 Å². The number of benzene rings is 2. The topological polar surface area (TPSA) is 77.8 Å². The van der Waals surface area contributed by atoms with E-state index in [1.807, 2.05) is 68.4 Å². The zero-order valence-electron chi connectivity index (χ0n) is 19.6. The first-order valence-electron chi connectivity index (χ1n) is 11.6. The molecular weight excluding hydrogens is 432 g/mol. The average Bonchev–Trinajstić information content (AvgIpc) is 3.23. The van der Waals surface area contributed by atoms with Gasteiger partial charge in [-0.1, -0.05) is 42.5 Å². The fourth-order valence-electron chi connectivity index (χ4n) is 5.21. The second-order valence-corrected chi connectivity index (χ2v) is 9.51. The van der Waals surface area contributed by atoms with E-state index in [-0.39, 0.29) is 11.5 Å². The number of fused-ring (bicyclic) bond motifs is 3. The zero-order valence-corrected chi connectivity index (χ0v) is 19.6. The minimum atomic E-state index is -0.951. The highest BCUT2D eigenvalue weighted by molar-refractivity contribution is 5.88.